The fraction of sp³-hybridized carbons (Fsp3) is 0.654. The lowest BCUT2D eigenvalue weighted by molar-refractivity contribution is -0.336. The van der Waals surface area contributed by atoms with E-state index in [4.69, 9.17) is 28.1 Å². The van der Waals surface area contributed by atoms with Gasteiger partial charge in [-0.05, 0) is 31.5 Å². The van der Waals surface area contributed by atoms with E-state index in [1.165, 1.54) is 19.2 Å². The first-order valence-corrected chi connectivity index (χ1v) is 12.7. The van der Waals surface area contributed by atoms with E-state index >= 15 is 0 Å². The highest BCUT2D eigenvalue weighted by Crippen LogP contribution is 2.32. The van der Waals surface area contributed by atoms with Gasteiger partial charge in [0.2, 0.25) is 0 Å². The van der Waals surface area contributed by atoms with Crippen LogP contribution < -0.4 is 10.4 Å². The van der Waals surface area contributed by atoms with Crippen LogP contribution in [0.4, 0.5) is 0 Å². The van der Waals surface area contributed by atoms with E-state index in [2.05, 4.69) is 0 Å². The van der Waals surface area contributed by atoms with Crippen LogP contribution in [0.3, 0.4) is 0 Å². The summed E-state index contributed by atoms with van der Waals surface area (Å²) in [5, 5.41) is 72.6. The second-order valence-electron chi connectivity index (χ2n) is 10.6. The van der Waals surface area contributed by atoms with Gasteiger partial charge < -0.3 is 63.8 Å². The first kappa shape index (κ1) is 30.7. The van der Waals surface area contributed by atoms with E-state index in [1.807, 2.05) is 0 Å². The predicted molar refractivity (Wildman–Crippen MR) is 134 cm³/mol. The summed E-state index contributed by atoms with van der Waals surface area (Å²) in [7, 11) is 1.43. The third kappa shape index (κ3) is 6.17. The van der Waals surface area contributed by atoms with Crippen LogP contribution >= 0.6 is 0 Å². The Morgan fingerprint density at radius 2 is 1.82 bits per heavy atom. The Bertz CT molecular complexity index is 1220. The summed E-state index contributed by atoms with van der Waals surface area (Å²) in [6.07, 6.45) is -11.9. The second kappa shape index (κ2) is 12.0. The molecule has 2 saturated heterocycles. The van der Waals surface area contributed by atoms with Crippen LogP contribution in [-0.2, 0) is 25.4 Å². The minimum atomic E-state index is -1.92. The van der Waals surface area contributed by atoms with Crippen LogP contribution in [0, 0.1) is 0 Å². The van der Waals surface area contributed by atoms with Crippen molar-refractivity contribution in [2.24, 2.45) is 0 Å². The van der Waals surface area contributed by atoms with Crippen molar-refractivity contribution in [1.82, 2.24) is 0 Å². The van der Waals surface area contributed by atoms with Crippen molar-refractivity contribution in [2.75, 3.05) is 26.9 Å². The van der Waals surface area contributed by atoms with Crippen LogP contribution in [0.1, 0.15) is 19.4 Å². The number of aliphatic hydroxyl groups is 7. The standard InChI is InChI=1S/C26H36O14/c1-25(2,17(28)7-13-6-12-4-5-18(29)38-15(12)8-14(13)35-3)40-23-21(32)20(31)19(30)16(39-23)9-36-24-22(33)26(34,10-27)11-37-24/h4-6,8,16-17,19-24,27-28,30-34H,7,9-11H2,1-3H3/t16-,17+,19-,20+,21-,22+,23+,24-,26-/m1/s1. The van der Waals surface area contributed by atoms with E-state index in [0.717, 1.165) is 0 Å². The minimum Gasteiger partial charge on any atom is -0.496 e. The highest BCUT2D eigenvalue weighted by molar-refractivity contribution is 5.79. The van der Waals surface area contributed by atoms with Gasteiger partial charge in [0.25, 0.3) is 0 Å². The molecular formula is C26H36O14. The number of hydrogen-bond donors (Lipinski definition) is 7. The third-order valence-electron chi connectivity index (χ3n) is 7.33. The molecule has 4 rings (SSSR count). The van der Waals surface area contributed by atoms with E-state index < -0.39 is 79.2 Å². The Labute approximate surface area is 228 Å². The first-order chi connectivity index (χ1) is 18.8. The van der Waals surface area contributed by atoms with Crippen molar-refractivity contribution in [2.45, 2.75) is 80.7 Å². The maximum Gasteiger partial charge on any atom is 0.336 e. The van der Waals surface area contributed by atoms with E-state index in [1.54, 1.807) is 26.0 Å². The van der Waals surface area contributed by atoms with Gasteiger partial charge in [-0.25, -0.2) is 4.79 Å². The van der Waals surface area contributed by atoms with Crippen LogP contribution in [0.15, 0.2) is 33.5 Å². The minimum absolute atomic E-state index is 0.0243. The number of rotatable bonds is 10. The summed E-state index contributed by atoms with van der Waals surface area (Å²) in [5.74, 6) is 0.367. The summed E-state index contributed by atoms with van der Waals surface area (Å²) in [6.45, 7) is 1.49. The maximum atomic E-state index is 11.5. The number of benzene rings is 1. The van der Waals surface area contributed by atoms with Gasteiger partial charge in [0.15, 0.2) is 12.6 Å². The molecule has 40 heavy (non-hydrogen) atoms. The zero-order valence-electron chi connectivity index (χ0n) is 22.2. The quantitative estimate of drug-likeness (QED) is 0.150. The van der Waals surface area contributed by atoms with Crippen molar-refractivity contribution in [3.63, 3.8) is 0 Å². The highest BCUT2D eigenvalue weighted by atomic mass is 16.7. The Morgan fingerprint density at radius 3 is 2.48 bits per heavy atom. The van der Waals surface area contributed by atoms with Gasteiger partial charge in [-0.2, -0.15) is 0 Å². The molecule has 224 valence electrons. The number of aliphatic hydroxyl groups excluding tert-OH is 6. The lowest BCUT2D eigenvalue weighted by atomic mass is 9.93. The molecule has 1 aromatic heterocycles. The lowest BCUT2D eigenvalue weighted by Crippen LogP contribution is -2.61. The highest BCUT2D eigenvalue weighted by Gasteiger charge is 2.50. The van der Waals surface area contributed by atoms with Crippen molar-refractivity contribution < 1.29 is 63.8 Å². The fourth-order valence-electron chi connectivity index (χ4n) is 4.60. The van der Waals surface area contributed by atoms with Crippen LogP contribution in [-0.4, -0.2) is 123 Å². The van der Waals surface area contributed by atoms with Gasteiger partial charge >= 0.3 is 5.63 Å². The molecule has 0 bridgehead atoms. The van der Waals surface area contributed by atoms with E-state index in [-0.39, 0.29) is 13.0 Å². The van der Waals surface area contributed by atoms with Crippen molar-refractivity contribution in [3.05, 3.63) is 40.2 Å². The molecule has 0 saturated carbocycles. The summed E-state index contributed by atoms with van der Waals surface area (Å²) >= 11 is 0. The normalized spacial score (nSPS) is 33.8. The Hall–Kier alpha value is -2.21. The molecule has 9 atom stereocenters. The van der Waals surface area contributed by atoms with Crippen molar-refractivity contribution in [3.8, 4) is 5.75 Å². The van der Waals surface area contributed by atoms with Crippen LogP contribution in [0.25, 0.3) is 11.0 Å². The van der Waals surface area contributed by atoms with E-state index in [9.17, 15) is 40.5 Å². The molecular weight excluding hydrogens is 536 g/mol. The molecule has 2 aliphatic heterocycles. The van der Waals surface area contributed by atoms with Gasteiger partial charge in [-0.3, -0.25) is 0 Å². The van der Waals surface area contributed by atoms with Gasteiger partial charge in [0, 0.05) is 23.9 Å². The maximum absolute atomic E-state index is 11.5. The van der Waals surface area contributed by atoms with Crippen molar-refractivity contribution in [1.29, 1.82) is 0 Å². The first-order valence-electron chi connectivity index (χ1n) is 12.7. The lowest BCUT2D eigenvalue weighted by Gasteiger charge is -2.44. The average molecular weight is 573 g/mol. The molecule has 0 aliphatic carbocycles. The average Bonchev–Trinajstić information content (AvgIpc) is 3.21. The number of fused-ring (bicyclic) bond motifs is 1. The molecule has 14 heteroatoms. The van der Waals surface area contributed by atoms with Gasteiger partial charge in [-0.15, -0.1) is 0 Å². The zero-order chi connectivity index (χ0) is 29.4. The fourth-order valence-corrected chi connectivity index (χ4v) is 4.60. The molecule has 7 N–H and O–H groups in total. The Balaban J connectivity index is 1.43. The summed E-state index contributed by atoms with van der Waals surface area (Å²) in [6, 6.07) is 6.10. The van der Waals surface area contributed by atoms with Gasteiger partial charge in [0.05, 0.1) is 38.6 Å². The third-order valence-corrected chi connectivity index (χ3v) is 7.33. The summed E-state index contributed by atoms with van der Waals surface area (Å²) < 4.78 is 32.7. The zero-order valence-corrected chi connectivity index (χ0v) is 22.2. The number of ether oxygens (including phenoxy) is 5. The topological polar surface area (TPSA) is 218 Å². The number of methoxy groups -OCH3 is 1. The molecule has 0 amide bonds. The molecule has 2 aromatic rings. The molecule has 0 radical (unpaired) electrons. The summed E-state index contributed by atoms with van der Waals surface area (Å²) in [5.41, 5.74) is -2.91. The molecule has 14 nitrogen and oxygen atoms in total. The van der Waals surface area contributed by atoms with Gasteiger partial charge in [0.1, 0.15) is 47.5 Å². The van der Waals surface area contributed by atoms with E-state index in [0.29, 0.717) is 22.3 Å². The monoisotopic (exact) mass is 572 g/mol. The number of hydrogen-bond acceptors (Lipinski definition) is 14. The molecule has 3 heterocycles. The van der Waals surface area contributed by atoms with Crippen LogP contribution in [0.5, 0.6) is 5.75 Å². The predicted octanol–water partition coefficient (Wildman–Crippen LogP) is -2.23. The van der Waals surface area contributed by atoms with Gasteiger partial charge in [-0.1, -0.05) is 0 Å². The molecule has 0 spiro atoms. The largest absolute Gasteiger partial charge is 0.496 e. The SMILES string of the molecule is COc1cc2oc(=O)ccc2cc1C[C@H](O)C(C)(C)O[C@@H]1O[C@H](CO[C@@H]2OC[C@](O)(CO)[C@H]2O)[C@@H](O)[C@H](O)[C@H]1O. The Kier molecular flexibility index (Phi) is 9.19. The molecule has 2 aliphatic rings. The molecule has 1 aromatic carbocycles. The Morgan fingerprint density at radius 1 is 1.10 bits per heavy atom. The smallest absolute Gasteiger partial charge is 0.336 e. The molecule has 2 fully saturated rings. The van der Waals surface area contributed by atoms with Crippen molar-refractivity contribution >= 4 is 11.0 Å². The van der Waals surface area contributed by atoms with Crippen LogP contribution in [0.2, 0.25) is 0 Å². The second-order valence-corrected chi connectivity index (χ2v) is 10.6. The molecule has 0 unspecified atom stereocenters. The summed E-state index contributed by atoms with van der Waals surface area (Å²) in [4.78, 5) is 11.5.